The van der Waals surface area contributed by atoms with Gasteiger partial charge in [0.2, 0.25) is 15.9 Å². The minimum absolute atomic E-state index is 0.000753. The highest BCUT2D eigenvalue weighted by molar-refractivity contribution is 7.89. The van der Waals surface area contributed by atoms with E-state index in [-0.39, 0.29) is 41.2 Å². The number of nitrogens with one attached hydrogen (secondary N) is 1. The first kappa shape index (κ1) is 25.6. The summed E-state index contributed by atoms with van der Waals surface area (Å²) in [5, 5.41) is 2.51. The molecule has 0 radical (unpaired) electrons. The number of sulfonamides is 1. The van der Waals surface area contributed by atoms with Gasteiger partial charge < -0.3 is 5.32 Å². The Morgan fingerprint density at radius 2 is 1.78 bits per heavy atom. The van der Waals surface area contributed by atoms with Crippen LogP contribution in [0.4, 0.5) is 22.0 Å². The second kappa shape index (κ2) is 9.90. The van der Waals surface area contributed by atoms with Crippen molar-refractivity contribution >= 4 is 15.9 Å². The summed E-state index contributed by atoms with van der Waals surface area (Å²) in [7, 11) is -4.06. The fraction of sp³-hybridized carbons (Fsp3) is 0.261. The summed E-state index contributed by atoms with van der Waals surface area (Å²) in [6, 6.07) is 6.39. The number of rotatable bonds is 6. The number of benzene rings is 1. The van der Waals surface area contributed by atoms with Gasteiger partial charge in [0.05, 0.1) is 16.8 Å². The monoisotopic (exact) mass is 526 g/mol. The van der Waals surface area contributed by atoms with E-state index in [1.807, 2.05) is 0 Å². The number of hydrogen-bond acceptors (Lipinski definition) is 5. The van der Waals surface area contributed by atoms with Crippen molar-refractivity contribution in [3.05, 3.63) is 77.8 Å². The van der Waals surface area contributed by atoms with Crippen LogP contribution in [0.15, 0.2) is 59.8 Å². The first-order valence-corrected chi connectivity index (χ1v) is 12.1. The van der Waals surface area contributed by atoms with Gasteiger partial charge in [-0.05, 0) is 55.3 Å². The lowest BCUT2D eigenvalue weighted by Gasteiger charge is -2.23. The maximum atomic E-state index is 14.3. The van der Waals surface area contributed by atoms with Gasteiger partial charge in [0.1, 0.15) is 23.4 Å². The number of halogens is 5. The number of carbonyl (C=O) groups is 1. The molecule has 1 saturated heterocycles. The van der Waals surface area contributed by atoms with E-state index in [0.29, 0.717) is 6.42 Å². The predicted molar refractivity (Wildman–Crippen MR) is 118 cm³/mol. The molecule has 36 heavy (non-hydrogen) atoms. The maximum Gasteiger partial charge on any atom is 0.433 e. The molecule has 0 bridgehead atoms. The molecule has 4 rings (SSSR count). The Hall–Kier alpha value is -3.45. The van der Waals surface area contributed by atoms with Crippen LogP contribution in [0.5, 0.6) is 0 Å². The Morgan fingerprint density at radius 1 is 1.06 bits per heavy atom. The number of carbonyl (C=O) groups excluding carboxylic acids is 1. The zero-order valence-corrected chi connectivity index (χ0v) is 19.3. The number of aromatic nitrogens is 2. The number of amides is 1. The third kappa shape index (κ3) is 5.36. The SMILES string of the molecule is O=C(NCc1cc(-c2ccc(C(F)(F)F)nc2)ncc1F)C1CCCN1S(=O)(=O)c1ccc(F)cc1. The van der Waals surface area contributed by atoms with Crippen molar-refractivity contribution in [1.29, 1.82) is 0 Å². The smallest absolute Gasteiger partial charge is 0.351 e. The van der Waals surface area contributed by atoms with Crippen LogP contribution in [0, 0.1) is 11.6 Å². The summed E-state index contributed by atoms with van der Waals surface area (Å²) >= 11 is 0. The van der Waals surface area contributed by atoms with E-state index in [4.69, 9.17) is 0 Å². The van der Waals surface area contributed by atoms with E-state index in [2.05, 4.69) is 15.3 Å². The highest BCUT2D eigenvalue weighted by Gasteiger charge is 2.39. The quantitative estimate of drug-likeness (QED) is 0.492. The van der Waals surface area contributed by atoms with Gasteiger partial charge in [0, 0.05) is 30.4 Å². The van der Waals surface area contributed by atoms with Gasteiger partial charge in [-0.15, -0.1) is 0 Å². The summed E-state index contributed by atoms with van der Waals surface area (Å²) in [4.78, 5) is 19.9. The fourth-order valence-electron chi connectivity index (χ4n) is 3.82. The minimum Gasteiger partial charge on any atom is -0.351 e. The standard InChI is InChI=1S/C23H19F5N4O3S/c24-16-4-6-17(7-5-16)36(34,35)32-9-1-2-20(32)22(33)31-12-15-10-19(29-13-18(15)25)14-3-8-21(30-11-14)23(26,27)28/h3-8,10-11,13,20H,1-2,9,12H2,(H,31,33). The van der Waals surface area contributed by atoms with Crippen LogP contribution in [0.2, 0.25) is 0 Å². The van der Waals surface area contributed by atoms with E-state index in [1.165, 1.54) is 6.07 Å². The van der Waals surface area contributed by atoms with Crippen molar-refractivity contribution in [3.63, 3.8) is 0 Å². The number of pyridine rings is 2. The molecule has 1 aliphatic rings. The Morgan fingerprint density at radius 3 is 2.42 bits per heavy atom. The van der Waals surface area contributed by atoms with Crippen LogP contribution in [0.1, 0.15) is 24.1 Å². The lowest BCUT2D eigenvalue weighted by molar-refractivity contribution is -0.141. The zero-order chi connectivity index (χ0) is 26.1. The zero-order valence-electron chi connectivity index (χ0n) is 18.5. The Balaban J connectivity index is 1.48. The third-order valence-corrected chi connectivity index (χ3v) is 7.59. The lowest BCUT2D eigenvalue weighted by Crippen LogP contribution is -2.45. The van der Waals surface area contributed by atoms with E-state index in [1.54, 1.807) is 0 Å². The molecule has 1 fully saturated rings. The highest BCUT2D eigenvalue weighted by Crippen LogP contribution is 2.29. The normalized spacial score (nSPS) is 16.8. The fourth-order valence-corrected chi connectivity index (χ4v) is 5.48. The lowest BCUT2D eigenvalue weighted by atomic mass is 10.1. The number of alkyl halides is 3. The highest BCUT2D eigenvalue weighted by atomic mass is 32.2. The van der Waals surface area contributed by atoms with Crippen LogP contribution in [-0.2, 0) is 27.5 Å². The first-order chi connectivity index (χ1) is 17.0. The van der Waals surface area contributed by atoms with Crippen LogP contribution in [-0.4, -0.2) is 41.2 Å². The number of nitrogens with zero attached hydrogens (tertiary/aromatic N) is 3. The molecule has 0 saturated carbocycles. The Bertz CT molecular complexity index is 1360. The molecule has 7 nitrogen and oxygen atoms in total. The van der Waals surface area contributed by atoms with Crippen molar-refractivity contribution in [3.8, 4) is 11.3 Å². The molecule has 1 aromatic carbocycles. The molecular weight excluding hydrogens is 507 g/mol. The third-order valence-electron chi connectivity index (χ3n) is 5.66. The van der Waals surface area contributed by atoms with Gasteiger partial charge in [-0.2, -0.15) is 17.5 Å². The van der Waals surface area contributed by atoms with Crippen molar-refractivity contribution in [1.82, 2.24) is 19.6 Å². The predicted octanol–water partition coefficient (Wildman–Crippen LogP) is 3.91. The average molecular weight is 526 g/mol. The molecular formula is C23H19F5N4O3S. The summed E-state index contributed by atoms with van der Waals surface area (Å²) in [6.45, 7) is -0.221. The molecule has 1 atom stereocenters. The van der Waals surface area contributed by atoms with Gasteiger partial charge in [-0.1, -0.05) is 0 Å². The molecule has 13 heteroatoms. The van der Waals surface area contributed by atoms with Crippen molar-refractivity contribution in [2.24, 2.45) is 0 Å². The van der Waals surface area contributed by atoms with Gasteiger partial charge in [0.25, 0.3) is 0 Å². The van der Waals surface area contributed by atoms with Crippen molar-refractivity contribution < 1.29 is 35.2 Å². The summed E-state index contributed by atoms with van der Waals surface area (Å²) in [5.41, 5.74) is -0.733. The molecule has 190 valence electrons. The molecule has 3 aromatic rings. The van der Waals surface area contributed by atoms with Gasteiger partial charge in [-0.3, -0.25) is 14.8 Å². The number of hydrogen-bond donors (Lipinski definition) is 1. The minimum atomic E-state index is -4.61. The molecule has 0 aliphatic carbocycles. The van der Waals surface area contributed by atoms with Gasteiger partial charge in [0.15, 0.2) is 0 Å². The van der Waals surface area contributed by atoms with E-state index in [9.17, 15) is 35.2 Å². The van der Waals surface area contributed by atoms with E-state index >= 15 is 0 Å². The molecule has 1 unspecified atom stereocenters. The maximum absolute atomic E-state index is 14.3. The van der Waals surface area contributed by atoms with E-state index < -0.39 is 45.5 Å². The molecule has 1 aliphatic heterocycles. The topological polar surface area (TPSA) is 92.3 Å². The van der Waals surface area contributed by atoms with E-state index in [0.717, 1.165) is 53.1 Å². The average Bonchev–Trinajstić information content (AvgIpc) is 3.34. The molecule has 1 amide bonds. The Kier molecular flexibility index (Phi) is 7.05. The summed E-state index contributed by atoms with van der Waals surface area (Å²) in [5.74, 6) is -2.01. The molecule has 0 spiro atoms. The van der Waals surface area contributed by atoms with Crippen LogP contribution in [0.25, 0.3) is 11.3 Å². The molecule has 3 heterocycles. The largest absolute Gasteiger partial charge is 0.433 e. The van der Waals surface area contributed by atoms with Gasteiger partial charge in [-0.25, -0.2) is 17.2 Å². The van der Waals surface area contributed by atoms with Crippen LogP contribution >= 0.6 is 0 Å². The summed E-state index contributed by atoms with van der Waals surface area (Å²) < 4.78 is 92.7. The van der Waals surface area contributed by atoms with Gasteiger partial charge >= 0.3 is 6.18 Å². The van der Waals surface area contributed by atoms with Crippen LogP contribution in [0.3, 0.4) is 0 Å². The summed E-state index contributed by atoms with van der Waals surface area (Å²) in [6.07, 6.45) is -2.11. The van der Waals surface area contributed by atoms with Crippen LogP contribution < -0.4 is 5.32 Å². The second-order valence-corrected chi connectivity index (χ2v) is 9.93. The molecule has 2 aromatic heterocycles. The Labute approximate surface area is 203 Å². The van der Waals surface area contributed by atoms with Crippen molar-refractivity contribution in [2.75, 3.05) is 6.54 Å². The second-order valence-electron chi connectivity index (χ2n) is 8.04. The molecule has 1 N–H and O–H groups in total. The van der Waals surface area contributed by atoms with Crippen molar-refractivity contribution in [2.45, 2.75) is 36.5 Å². The first-order valence-electron chi connectivity index (χ1n) is 10.7.